The van der Waals surface area contributed by atoms with Gasteiger partial charge in [-0.3, -0.25) is 0 Å². The molecule has 0 N–H and O–H groups in total. The lowest BCUT2D eigenvalue weighted by Crippen LogP contribution is -2.00. The van der Waals surface area contributed by atoms with E-state index in [-0.39, 0.29) is 0 Å². The number of fused-ring (bicyclic) bond motifs is 1. The third-order valence-corrected chi connectivity index (χ3v) is 3.67. The summed E-state index contributed by atoms with van der Waals surface area (Å²) in [5, 5.41) is 9.05. The van der Waals surface area contributed by atoms with Crippen LogP contribution in [0.3, 0.4) is 0 Å². The zero-order valence-electron chi connectivity index (χ0n) is 10.7. The molecule has 3 nitrogen and oxygen atoms in total. The van der Waals surface area contributed by atoms with Gasteiger partial charge >= 0.3 is 0 Å². The summed E-state index contributed by atoms with van der Waals surface area (Å²) in [5.74, 6) is 1.52. The molecule has 0 radical (unpaired) electrons. The van der Waals surface area contributed by atoms with Crippen LogP contribution < -0.4 is 9.47 Å². The molecule has 20 heavy (non-hydrogen) atoms. The van der Waals surface area contributed by atoms with E-state index < -0.39 is 0 Å². The van der Waals surface area contributed by atoms with Crippen LogP contribution in [0.2, 0.25) is 0 Å². The zero-order valence-corrected chi connectivity index (χ0v) is 12.3. The first-order valence-electron chi connectivity index (χ1n) is 6.34. The Morgan fingerprint density at radius 3 is 3.00 bits per heavy atom. The minimum atomic E-state index is 0.389. The Kier molecular flexibility index (Phi) is 3.62. The van der Waals surface area contributed by atoms with Gasteiger partial charge in [-0.25, -0.2) is 0 Å². The van der Waals surface area contributed by atoms with Crippen LogP contribution in [-0.4, -0.2) is 6.61 Å². The number of para-hydroxylation sites is 1. The van der Waals surface area contributed by atoms with Crippen molar-refractivity contribution in [2.45, 2.75) is 13.0 Å². The molecule has 1 heterocycles. The van der Waals surface area contributed by atoms with Crippen molar-refractivity contribution in [3.05, 3.63) is 57.6 Å². The van der Waals surface area contributed by atoms with Crippen LogP contribution in [-0.2, 0) is 13.0 Å². The van der Waals surface area contributed by atoms with E-state index >= 15 is 0 Å². The normalized spacial score (nSPS) is 12.4. The van der Waals surface area contributed by atoms with Gasteiger partial charge in [0.15, 0.2) is 0 Å². The number of halogens is 1. The van der Waals surface area contributed by atoms with E-state index in [9.17, 15) is 0 Å². The Morgan fingerprint density at radius 2 is 2.15 bits per heavy atom. The second-order valence-corrected chi connectivity index (χ2v) is 5.46. The molecule has 3 rings (SSSR count). The molecule has 1 aliphatic heterocycles. The summed E-state index contributed by atoms with van der Waals surface area (Å²) in [4.78, 5) is 0. The molecule has 0 aromatic heterocycles. The van der Waals surface area contributed by atoms with Crippen molar-refractivity contribution in [3.63, 3.8) is 0 Å². The van der Waals surface area contributed by atoms with Crippen LogP contribution in [0.5, 0.6) is 11.5 Å². The molecule has 4 heteroatoms. The predicted molar refractivity (Wildman–Crippen MR) is 78.8 cm³/mol. The number of nitrogens with zero attached hydrogens (tertiary/aromatic N) is 1. The maximum Gasteiger partial charge on any atom is 0.137 e. The van der Waals surface area contributed by atoms with Crippen LogP contribution >= 0.6 is 15.9 Å². The van der Waals surface area contributed by atoms with E-state index in [1.165, 1.54) is 5.56 Å². The molecule has 0 saturated carbocycles. The van der Waals surface area contributed by atoms with Crippen molar-refractivity contribution in [2.24, 2.45) is 0 Å². The summed E-state index contributed by atoms with van der Waals surface area (Å²) in [6.45, 7) is 1.11. The molecule has 0 bridgehead atoms. The maximum atomic E-state index is 9.05. The third-order valence-electron chi connectivity index (χ3n) is 3.22. The zero-order chi connectivity index (χ0) is 13.9. The summed E-state index contributed by atoms with van der Waals surface area (Å²) in [6.07, 6.45) is 0.927. The monoisotopic (exact) mass is 329 g/mol. The number of hydrogen-bond acceptors (Lipinski definition) is 3. The van der Waals surface area contributed by atoms with E-state index in [0.29, 0.717) is 24.5 Å². The SMILES string of the molecule is N#Cc1ccccc1OCc1cc(Br)cc2c1OCC2. The van der Waals surface area contributed by atoms with E-state index in [1.807, 2.05) is 18.2 Å². The first-order chi connectivity index (χ1) is 9.78. The van der Waals surface area contributed by atoms with E-state index in [2.05, 4.69) is 28.1 Å². The van der Waals surface area contributed by atoms with Crippen molar-refractivity contribution < 1.29 is 9.47 Å². The lowest BCUT2D eigenvalue weighted by atomic mass is 10.1. The standard InChI is InChI=1S/C16H12BrNO2/c17-14-7-11-5-6-19-16(11)13(8-14)10-20-15-4-2-1-3-12(15)9-18/h1-4,7-8H,5-6,10H2. The molecule has 1 aliphatic rings. The van der Waals surface area contributed by atoms with Crippen molar-refractivity contribution in [3.8, 4) is 17.6 Å². The van der Waals surface area contributed by atoms with Gasteiger partial charge in [0.2, 0.25) is 0 Å². The van der Waals surface area contributed by atoms with Crippen molar-refractivity contribution in [2.75, 3.05) is 6.61 Å². The van der Waals surface area contributed by atoms with E-state index in [1.54, 1.807) is 12.1 Å². The minimum Gasteiger partial charge on any atom is -0.493 e. The van der Waals surface area contributed by atoms with E-state index in [0.717, 1.165) is 22.2 Å². The Morgan fingerprint density at radius 1 is 1.30 bits per heavy atom. The fourth-order valence-electron chi connectivity index (χ4n) is 2.29. The molecular formula is C16H12BrNO2. The van der Waals surface area contributed by atoms with Gasteiger partial charge in [-0.2, -0.15) is 5.26 Å². The first-order valence-corrected chi connectivity index (χ1v) is 7.13. The molecule has 0 spiro atoms. The van der Waals surface area contributed by atoms with Crippen LogP contribution in [0.25, 0.3) is 0 Å². The molecule has 2 aromatic rings. The number of hydrogen-bond donors (Lipinski definition) is 0. The highest BCUT2D eigenvalue weighted by Crippen LogP contribution is 2.33. The smallest absolute Gasteiger partial charge is 0.137 e. The Bertz CT molecular complexity index is 691. The second-order valence-electron chi connectivity index (χ2n) is 4.55. The largest absolute Gasteiger partial charge is 0.493 e. The molecular weight excluding hydrogens is 318 g/mol. The highest BCUT2D eigenvalue weighted by atomic mass is 79.9. The number of benzene rings is 2. The van der Waals surface area contributed by atoms with Crippen LogP contribution in [0.4, 0.5) is 0 Å². The lowest BCUT2D eigenvalue weighted by molar-refractivity contribution is 0.291. The number of ether oxygens (including phenoxy) is 2. The molecule has 0 saturated heterocycles. The molecule has 100 valence electrons. The van der Waals surface area contributed by atoms with Gasteiger partial charge in [0.25, 0.3) is 0 Å². The average molecular weight is 330 g/mol. The molecule has 0 atom stereocenters. The Labute approximate surface area is 125 Å². The van der Waals surface area contributed by atoms with Crippen LogP contribution in [0, 0.1) is 11.3 Å². The molecule has 2 aromatic carbocycles. The van der Waals surface area contributed by atoms with Crippen molar-refractivity contribution in [1.29, 1.82) is 5.26 Å². The summed E-state index contributed by atoms with van der Waals surface area (Å²) in [7, 11) is 0. The fourth-order valence-corrected chi connectivity index (χ4v) is 2.85. The molecule has 0 aliphatic carbocycles. The molecule has 0 fully saturated rings. The van der Waals surface area contributed by atoms with E-state index in [4.69, 9.17) is 14.7 Å². The van der Waals surface area contributed by atoms with Gasteiger partial charge in [-0.1, -0.05) is 28.1 Å². The summed E-state index contributed by atoms with van der Waals surface area (Å²) >= 11 is 3.51. The average Bonchev–Trinajstić information content (AvgIpc) is 2.93. The molecule has 0 unspecified atom stereocenters. The quantitative estimate of drug-likeness (QED) is 0.859. The summed E-state index contributed by atoms with van der Waals surface area (Å²) in [5.41, 5.74) is 2.74. The fraction of sp³-hybridized carbons (Fsp3) is 0.188. The Balaban J connectivity index is 1.85. The minimum absolute atomic E-state index is 0.389. The lowest BCUT2D eigenvalue weighted by Gasteiger charge is -2.11. The van der Waals surface area contributed by atoms with Crippen molar-refractivity contribution >= 4 is 15.9 Å². The topological polar surface area (TPSA) is 42.2 Å². The maximum absolute atomic E-state index is 9.05. The second kappa shape index (κ2) is 5.56. The van der Waals surface area contributed by atoms with Crippen LogP contribution in [0.15, 0.2) is 40.9 Å². The van der Waals surface area contributed by atoms with Gasteiger partial charge in [0.05, 0.1) is 12.2 Å². The number of rotatable bonds is 3. The van der Waals surface area contributed by atoms with Gasteiger partial charge in [0.1, 0.15) is 24.2 Å². The first kappa shape index (κ1) is 13.0. The van der Waals surface area contributed by atoms with Crippen LogP contribution in [0.1, 0.15) is 16.7 Å². The van der Waals surface area contributed by atoms with Gasteiger partial charge in [-0.15, -0.1) is 0 Å². The summed E-state index contributed by atoms with van der Waals surface area (Å²) in [6, 6.07) is 13.4. The van der Waals surface area contributed by atoms with Gasteiger partial charge in [0, 0.05) is 16.5 Å². The Hall–Kier alpha value is -1.99. The highest BCUT2D eigenvalue weighted by Gasteiger charge is 2.18. The van der Waals surface area contributed by atoms with Crippen molar-refractivity contribution in [1.82, 2.24) is 0 Å². The molecule has 0 amide bonds. The van der Waals surface area contributed by atoms with Gasteiger partial charge < -0.3 is 9.47 Å². The summed E-state index contributed by atoms with van der Waals surface area (Å²) < 4.78 is 12.5. The predicted octanol–water partition coefficient (Wildman–Crippen LogP) is 3.83. The third kappa shape index (κ3) is 2.50. The van der Waals surface area contributed by atoms with Gasteiger partial charge in [-0.05, 0) is 29.8 Å². The highest BCUT2D eigenvalue weighted by molar-refractivity contribution is 9.10. The number of nitriles is 1.